The average molecular weight is 286 g/mol. The SMILES string of the molecule is N=C1C=Cc2ccncc2C1Nc1ccc2ccncc2c1. The first-order valence-corrected chi connectivity index (χ1v) is 7.12. The van der Waals surface area contributed by atoms with Crippen molar-refractivity contribution in [2.45, 2.75) is 6.04 Å². The van der Waals surface area contributed by atoms with Crippen molar-refractivity contribution >= 4 is 28.2 Å². The minimum atomic E-state index is -0.178. The number of hydrogen-bond acceptors (Lipinski definition) is 4. The Labute approximate surface area is 128 Å². The maximum absolute atomic E-state index is 8.20. The van der Waals surface area contributed by atoms with Crippen molar-refractivity contribution in [2.75, 3.05) is 5.32 Å². The molecule has 0 radical (unpaired) electrons. The van der Waals surface area contributed by atoms with Crippen molar-refractivity contribution in [1.29, 1.82) is 5.41 Å². The predicted octanol–water partition coefficient (Wildman–Crippen LogP) is 3.83. The number of anilines is 1. The molecule has 0 bridgehead atoms. The van der Waals surface area contributed by atoms with Gasteiger partial charge in [0, 0.05) is 41.4 Å². The topological polar surface area (TPSA) is 61.7 Å². The molecule has 0 saturated heterocycles. The average Bonchev–Trinajstić information content (AvgIpc) is 2.57. The molecule has 3 aromatic rings. The quantitative estimate of drug-likeness (QED) is 0.752. The van der Waals surface area contributed by atoms with Gasteiger partial charge < -0.3 is 10.7 Å². The Balaban J connectivity index is 1.72. The Morgan fingerprint density at radius 1 is 0.909 bits per heavy atom. The van der Waals surface area contributed by atoms with Crippen LogP contribution in [0.1, 0.15) is 17.2 Å². The van der Waals surface area contributed by atoms with Gasteiger partial charge in [-0.1, -0.05) is 12.1 Å². The second-order valence-electron chi connectivity index (χ2n) is 5.31. The molecule has 2 N–H and O–H groups in total. The van der Waals surface area contributed by atoms with E-state index in [4.69, 9.17) is 5.41 Å². The zero-order chi connectivity index (χ0) is 14.9. The van der Waals surface area contributed by atoms with E-state index in [2.05, 4.69) is 27.4 Å². The Hall–Kier alpha value is -3.01. The van der Waals surface area contributed by atoms with E-state index in [1.807, 2.05) is 42.7 Å². The van der Waals surface area contributed by atoms with Crippen LogP contribution in [0.25, 0.3) is 16.8 Å². The molecule has 1 aliphatic rings. The molecule has 4 rings (SSSR count). The molecule has 1 aliphatic carbocycles. The van der Waals surface area contributed by atoms with Gasteiger partial charge in [0.2, 0.25) is 0 Å². The van der Waals surface area contributed by atoms with Gasteiger partial charge in [-0.25, -0.2) is 0 Å². The van der Waals surface area contributed by atoms with E-state index in [0.29, 0.717) is 5.71 Å². The lowest BCUT2D eigenvalue weighted by atomic mass is 9.93. The summed E-state index contributed by atoms with van der Waals surface area (Å²) in [5.41, 5.74) is 3.64. The fourth-order valence-corrected chi connectivity index (χ4v) is 2.75. The van der Waals surface area contributed by atoms with Crippen LogP contribution in [0.5, 0.6) is 0 Å². The minimum absolute atomic E-state index is 0.178. The first-order chi connectivity index (χ1) is 10.8. The van der Waals surface area contributed by atoms with E-state index in [9.17, 15) is 0 Å². The maximum atomic E-state index is 8.20. The summed E-state index contributed by atoms with van der Waals surface area (Å²) in [6.07, 6.45) is 11.0. The molecule has 0 saturated carbocycles. The highest BCUT2D eigenvalue weighted by Gasteiger charge is 2.21. The predicted molar refractivity (Wildman–Crippen MR) is 89.1 cm³/mol. The lowest BCUT2D eigenvalue weighted by Crippen LogP contribution is -2.22. The highest BCUT2D eigenvalue weighted by Crippen LogP contribution is 2.29. The van der Waals surface area contributed by atoms with E-state index >= 15 is 0 Å². The van der Waals surface area contributed by atoms with E-state index < -0.39 is 0 Å². The minimum Gasteiger partial charge on any atom is -0.373 e. The van der Waals surface area contributed by atoms with Crippen LogP contribution in [0.15, 0.2) is 61.2 Å². The van der Waals surface area contributed by atoms with Crippen LogP contribution in [0, 0.1) is 5.41 Å². The van der Waals surface area contributed by atoms with Crippen molar-refractivity contribution in [3.63, 3.8) is 0 Å². The molecule has 4 nitrogen and oxygen atoms in total. The molecule has 1 aromatic carbocycles. The zero-order valence-corrected chi connectivity index (χ0v) is 11.8. The van der Waals surface area contributed by atoms with Crippen LogP contribution in [0.3, 0.4) is 0 Å². The molecule has 106 valence electrons. The summed E-state index contributed by atoms with van der Waals surface area (Å²) in [5.74, 6) is 0. The number of nitrogens with zero attached hydrogens (tertiary/aromatic N) is 2. The molecule has 2 heterocycles. The number of pyridine rings is 2. The van der Waals surface area contributed by atoms with Crippen LogP contribution in [-0.2, 0) is 0 Å². The lowest BCUT2D eigenvalue weighted by molar-refractivity contribution is 0.999. The van der Waals surface area contributed by atoms with Crippen LogP contribution in [-0.4, -0.2) is 15.7 Å². The van der Waals surface area contributed by atoms with Gasteiger partial charge in [-0.15, -0.1) is 0 Å². The normalized spacial score (nSPS) is 16.5. The largest absolute Gasteiger partial charge is 0.373 e. The van der Waals surface area contributed by atoms with Gasteiger partial charge in [0.1, 0.15) is 0 Å². The van der Waals surface area contributed by atoms with Gasteiger partial charge in [-0.05, 0) is 41.3 Å². The highest BCUT2D eigenvalue weighted by atomic mass is 14.9. The summed E-state index contributed by atoms with van der Waals surface area (Å²) in [5, 5.41) is 13.9. The molecule has 1 atom stereocenters. The number of hydrogen-bond donors (Lipinski definition) is 2. The van der Waals surface area contributed by atoms with E-state index in [1.54, 1.807) is 12.4 Å². The maximum Gasteiger partial charge on any atom is 0.0953 e. The summed E-state index contributed by atoms with van der Waals surface area (Å²) in [6, 6.07) is 9.93. The van der Waals surface area contributed by atoms with E-state index in [1.165, 1.54) is 0 Å². The van der Waals surface area contributed by atoms with Gasteiger partial charge in [-0.2, -0.15) is 0 Å². The summed E-state index contributed by atoms with van der Waals surface area (Å²) < 4.78 is 0. The van der Waals surface area contributed by atoms with Crippen molar-refractivity contribution in [3.05, 3.63) is 72.3 Å². The highest BCUT2D eigenvalue weighted by molar-refractivity contribution is 6.05. The number of fused-ring (bicyclic) bond motifs is 2. The molecule has 0 aliphatic heterocycles. The Kier molecular flexibility index (Phi) is 2.93. The summed E-state index contributed by atoms with van der Waals surface area (Å²) in [6.45, 7) is 0. The molecule has 0 spiro atoms. The van der Waals surface area contributed by atoms with Crippen LogP contribution < -0.4 is 5.32 Å². The third kappa shape index (κ3) is 2.15. The number of aromatic nitrogens is 2. The molecule has 4 heteroatoms. The molecule has 22 heavy (non-hydrogen) atoms. The lowest BCUT2D eigenvalue weighted by Gasteiger charge is -2.24. The number of benzene rings is 1. The standard InChI is InChI=1S/C18H14N4/c19-17-4-2-13-6-8-21-11-16(13)18(17)22-15-3-1-12-5-7-20-10-14(12)9-15/h1-11,18-19,22H. The Bertz CT molecular complexity index is 898. The molecule has 2 aromatic heterocycles. The van der Waals surface area contributed by atoms with Gasteiger partial charge in [-0.3, -0.25) is 9.97 Å². The second kappa shape index (κ2) is 5.07. The first-order valence-electron chi connectivity index (χ1n) is 7.12. The van der Waals surface area contributed by atoms with Crippen LogP contribution in [0.2, 0.25) is 0 Å². The summed E-state index contributed by atoms with van der Waals surface area (Å²) in [7, 11) is 0. The van der Waals surface area contributed by atoms with Gasteiger partial charge >= 0.3 is 0 Å². The van der Waals surface area contributed by atoms with Crippen LogP contribution in [0.4, 0.5) is 5.69 Å². The fourth-order valence-electron chi connectivity index (χ4n) is 2.75. The third-order valence-corrected chi connectivity index (χ3v) is 3.90. The van der Waals surface area contributed by atoms with Crippen molar-refractivity contribution < 1.29 is 0 Å². The van der Waals surface area contributed by atoms with Crippen LogP contribution >= 0.6 is 0 Å². The molecule has 0 fully saturated rings. The first kappa shape index (κ1) is 12.7. The van der Waals surface area contributed by atoms with E-state index in [0.717, 1.165) is 27.6 Å². The van der Waals surface area contributed by atoms with Gasteiger partial charge in [0.25, 0.3) is 0 Å². The summed E-state index contributed by atoms with van der Waals surface area (Å²) in [4.78, 5) is 8.35. The molecule has 0 amide bonds. The zero-order valence-electron chi connectivity index (χ0n) is 11.8. The van der Waals surface area contributed by atoms with E-state index in [-0.39, 0.29) is 6.04 Å². The fraction of sp³-hybridized carbons (Fsp3) is 0.0556. The smallest absolute Gasteiger partial charge is 0.0953 e. The monoisotopic (exact) mass is 286 g/mol. The van der Waals surface area contributed by atoms with Crippen molar-refractivity contribution in [1.82, 2.24) is 9.97 Å². The number of nitrogens with one attached hydrogen (secondary N) is 2. The Morgan fingerprint density at radius 2 is 1.77 bits per heavy atom. The van der Waals surface area contributed by atoms with Gasteiger partial charge in [0.15, 0.2) is 0 Å². The second-order valence-corrected chi connectivity index (χ2v) is 5.31. The van der Waals surface area contributed by atoms with Crippen molar-refractivity contribution in [3.8, 4) is 0 Å². The number of rotatable bonds is 2. The molecule has 1 unspecified atom stereocenters. The third-order valence-electron chi connectivity index (χ3n) is 3.90. The molecular weight excluding hydrogens is 272 g/mol. The van der Waals surface area contributed by atoms with Crippen molar-refractivity contribution in [2.24, 2.45) is 0 Å². The Morgan fingerprint density at radius 3 is 2.73 bits per heavy atom. The summed E-state index contributed by atoms with van der Waals surface area (Å²) >= 11 is 0. The molecular formula is C18H14N4. The van der Waals surface area contributed by atoms with Gasteiger partial charge in [0.05, 0.1) is 11.8 Å².